The minimum atomic E-state index is -0.527. The monoisotopic (exact) mass is 366 g/mol. The third-order valence-electron chi connectivity index (χ3n) is 4.65. The summed E-state index contributed by atoms with van der Waals surface area (Å²) in [6.07, 6.45) is 0.293. The predicted molar refractivity (Wildman–Crippen MR) is 109 cm³/mol. The van der Waals surface area contributed by atoms with Gasteiger partial charge in [-0.15, -0.1) is 0 Å². The molecule has 1 atom stereocenters. The van der Waals surface area contributed by atoms with E-state index in [1.165, 1.54) is 0 Å². The first-order valence-electron chi connectivity index (χ1n) is 9.54. The molecular formula is C23H30N2O2. The first kappa shape index (κ1) is 20.7. The fourth-order valence-corrected chi connectivity index (χ4v) is 2.89. The Morgan fingerprint density at radius 1 is 0.963 bits per heavy atom. The molecule has 2 aromatic rings. The van der Waals surface area contributed by atoms with Crippen LogP contribution in [0.5, 0.6) is 0 Å². The summed E-state index contributed by atoms with van der Waals surface area (Å²) in [5, 5.41) is 2.95. The van der Waals surface area contributed by atoms with E-state index in [1.807, 2.05) is 61.5 Å². The zero-order valence-electron chi connectivity index (χ0n) is 16.7. The Morgan fingerprint density at radius 2 is 1.59 bits per heavy atom. The highest BCUT2D eigenvalue weighted by atomic mass is 16.2. The predicted octanol–water partition coefficient (Wildman–Crippen LogP) is 3.73. The number of aryl methyl sites for hydroxylation is 1. The minimum absolute atomic E-state index is 0.0413. The average molecular weight is 367 g/mol. The largest absolute Gasteiger partial charge is 0.354 e. The molecular weight excluding hydrogens is 336 g/mol. The van der Waals surface area contributed by atoms with E-state index in [2.05, 4.69) is 19.2 Å². The molecule has 0 fully saturated rings. The maximum absolute atomic E-state index is 13.1. The number of nitrogens with one attached hydrogen (secondary N) is 1. The molecule has 2 aromatic carbocycles. The maximum Gasteiger partial charge on any atom is 0.242 e. The number of nitrogens with zero attached hydrogens (tertiary/aromatic N) is 1. The molecule has 0 aliphatic heterocycles. The van der Waals surface area contributed by atoms with Gasteiger partial charge in [-0.3, -0.25) is 9.59 Å². The van der Waals surface area contributed by atoms with Crippen molar-refractivity contribution in [2.24, 2.45) is 5.92 Å². The van der Waals surface area contributed by atoms with Crippen molar-refractivity contribution < 1.29 is 9.59 Å². The van der Waals surface area contributed by atoms with Gasteiger partial charge < -0.3 is 10.2 Å². The van der Waals surface area contributed by atoms with Gasteiger partial charge >= 0.3 is 0 Å². The van der Waals surface area contributed by atoms with Gasteiger partial charge in [-0.25, -0.2) is 0 Å². The van der Waals surface area contributed by atoms with Crippen LogP contribution in [-0.4, -0.2) is 29.3 Å². The number of rotatable bonds is 8. The van der Waals surface area contributed by atoms with Crippen LogP contribution >= 0.6 is 0 Å². The van der Waals surface area contributed by atoms with E-state index in [1.54, 1.807) is 11.8 Å². The lowest BCUT2D eigenvalue weighted by molar-refractivity contribution is -0.140. The third kappa shape index (κ3) is 6.24. The van der Waals surface area contributed by atoms with Crippen LogP contribution in [-0.2, 0) is 22.6 Å². The Hall–Kier alpha value is -2.62. The van der Waals surface area contributed by atoms with Crippen LogP contribution in [0, 0.1) is 12.8 Å². The van der Waals surface area contributed by atoms with Crippen molar-refractivity contribution in [2.45, 2.75) is 46.7 Å². The fourth-order valence-electron chi connectivity index (χ4n) is 2.89. The zero-order valence-corrected chi connectivity index (χ0v) is 16.7. The van der Waals surface area contributed by atoms with Gasteiger partial charge in [-0.1, -0.05) is 68.4 Å². The number of carbonyl (C=O) groups is 2. The summed E-state index contributed by atoms with van der Waals surface area (Å²) in [6.45, 7) is 8.93. The molecule has 2 rings (SSSR count). The first-order valence-corrected chi connectivity index (χ1v) is 9.54. The second-order valence-electron chi connectivity index (χ2n) is 7.43. The van der Waals surface area contributed by atoms with E-state index in [-0.39, 0.29) is 11.8 Å². The van der Waals surface area contributed by atoms with Crippen LogP contribution in [0.3, 0.4) is 0 Å². The highest BCUT2D eigenvalue weighted by Crippen LogP contribution is 2.14. The lowest BCUT2D eigenvalue weighted by atomic mass is 10.0. The minimum Gasteiger partial charge on any atom is -0.354 e. The van der Waals surface area contributed by atoms with E-state index in [0.29, 0.717) is 25.4 Å². The Bertz CT molecular complexity index is 756. The van der Waals surface area contributed by atoms with Crippen LogP contribution in [0.2, 0.25) is 0 Å². The molecule has 2 amide bonds. The quantitative estimate of drug-likeness (QED) is 0.774. The van der Waals surface area contributed by atoms with E-state index in [0.717, 1.165) is 16.7 Å². The van der Waals surface area contributed by atoms with Crippen molar-refractivity contribution in [3.63, 3.8) is 0 Å². The molecule has 0 spiro atoms. The maximum atomic E-state index is 13.1. The van der Waals surface area contributed by atoms with Crippen LogP contribution < -0.4 is 5.32 Å². The van der Waals surface area contributed by atoms with E-state index >= 15 is 0 Å². The van der Waals surface area contributed by atoms with Crippen LogP contribution in [0.4, 0.5) is 0 Å². The Kier molecular flexibility index (Phi) is 7.59. The summed E-state index contributed by atoms with van der Waals surface area (Å²) in [5.74, 6) is 0.213. The van der Waals surface area contributed by atoms with Gasteiger partial charge in [-0.2, -0.15) is 0 Å². The molecule has 0 saturated carbocycles. The number of benzene rings is 2. The molecule has 0 aliphatic carbocycles. The van der Waals surface area contributed by atoms with Crippen LogP contribution in [0.25, 0.3) is 0 Å². The Morgan fingerprint density at radius 3 is 2.22 bits per heavy atom. The van der Waals surface area contributed by atoms with Crippen molar-refractivity contribution in [3.8, 4) is 0 Å². The Balaban J connectivity index is 2.19. The lowest BCUT2D eigenvalue weighted by Gasteiger charge is -2.29. The highest BCUT2D eigenvalue weighted by molar-refractivity contribution is 5.88. The SMILES string of the molecule is Cc1ccccc1CC(=O)N(Cc1ccccc1)[C@@H](C)C(=O)NCC(C)C. The third-order valence-corrected chi connectivity index (χ3v) is 4.65. The lowest BCUT2D eigenvalue weighted by Crippen LogP contribution is -2.48. The fraction of sp³-hybridized carbons (Fsp3) is 0.391. The summed E-state index contributed by atoms with van der Waals surface area (Å²) in [5.41, 5.74) is 3.09. The van der Waals surface area contributed by atoms with Crippen LogP contribution in [0.1, 0.15) is 37.5 Å². The summed E-state index contributed by atoms with van der Waals surface area (Å²) in [6, 6.07) is 17.1. The summed E-state index contributed by atoms with van der Waals surface area (Å²) >= 11 is 0. The van der Waals surface area contributed by atoms with Crippen LogP contribution in [0.15, 0.2) is 54.6 Å². The van der Waals surface area contributed by atoms with Crippen molar-refractivity contribution in [1.82, 2.24) is 10.2 Å². The molecule has 0 aliphatic rings. The second-order valence-corrected chi connectivity index (χ2v) is 7.43. The average Bonchev–Trinajstić information content (AvgIpc) is 2.66. The molecule has 144 valence electrons. The molecule has 0 radical (unpaired) electrons. The van der Waals surface area contributed by atoms with Crippen molar-refractivity contribution in [2.75, 3.05) is 6.54 Å². The molecule has 0 bridgehead atoms. The number of hydrogen-bond donors (Lipinski definition) is 1. The molecule has 0 heterocycles. The van der Waals surface area contributed by atoms with Gasteiger partial charge in [0.05, 0.1) is 6.42 Å². The van der Waals surface area contributed by atoms with Crippen molar-refractivity contribution >= 4 is 11.8 Å². The molecule has 0 aromatic heterocycles. The van der Waals surface area contributed by atoms with Crippen molar-refractivity contribution in [3.05, 3.63) is 71.3 Å². The van der Waals surface area contributed by atoms with Gasteiger partial charge in [0.1, 0.15) is 6.04 Å². The van der Waals surface area contributed by atoms with Gasteiger partial charge in [0.2, 0.25) is 11.8 Å². The molecule has 27 heavy (non-hydrogen) atoms. The van der Waals surface area contributed by atoms with E-state index in [9.17, 15) is 9.59 Å². The normalized spacial score (nSPS) is 11.9. The van der Waals surface area contributed by atoms with E-state index < -0.39 is 6.04 Å². The molecule has 0 saturated heterocycles. The van der Waals surface area contributed by atoms with Gasteiger partial charge in [0.15, 0.2) is 0 Å². The topological polar surface area (TPSA) is 49.4 Å². The summed E-state index contributed by atoms with van der Waals surface area (Å²) in [7, 11) is 0. The smallest absolute Gasteiger partial charge is 0.242 e. The van der Waals surface area contributed by atoms with Gasteiger partial charge in [-0.05, 0) is 36.5 Å². The molecule has 1 N–H and O–H groups in total. The number of carbonyl (C=O) groups excluding carboxylic acids is 2. The first-order chi connectivity index (χ1) is 12.9. The molecule has 4 nitrogen and oxygen atoms in total. The molecule has 0 unspecified atom stereocenters. The number of amides is 2. The van der Waals surface area contributed by atoms with Crippen molar-refractivity contribution in [1.29, 1.82) is 0 Å². The summed E-state index contributed by atoms with van der Waals surface area (Å²) in [4.78, 5) is 27.4. The second kappa shape index (κ2) is 9.91. The van der Waals surface area contributed by atoms with E-state index in [4.69, 9.17) is 0 Å². The Labute approximate surface area is 162 Å². The highest BCUT2D eigenvalue weighted by Gasteiger charge is 2.26. The van der Waals surface area contributed by atoms with Gasteiger partial charge in [0, 0.05) is 13.1 Å². The standard InChI is InChI=1S/C23H30N2O2/c1-17(2)15-24-23(27)19(4)25(16-20-11-6-5-7-12-20)22(26)14-21-13-9-8-10-18(21)3/h5-13,17,19H,14-16H2,1-4H3,(H,24,27)/t19-/m0/s1. The zero-order chi connectivity index (χ0) is 19.8. The number of hydrogen-bond acceptors (Lipinski definition) is 2. The van der Waals surface area contributed by atoms with Gasteiger partial charge in [0.25, 0.3) is 0 Å². The summed E-state index contributed by atoms with van der Waals surface area (Å²) < 4.78 is 0. The molecule has 4 heteroatoms.